The molecule has 0 saturated carbocycles. The predicted octanol–water partition coefficient (Wildman–Crippen LogP) is 2.36. The van der Waals surface area contributed by atoms with Gasteiger partial charge in [-0.2, -0.15) is 0 Å². The van der Waals surface area contributed by atoms with E-state index in [9.17, 15) is 4.79 Å². The van der Waals surface area contributed by atoms with Gasteiger partial charge in [0.15, 0.2) is 0 Å². The molecule has 6 heteroatoms. The fraction of sp³-hybridized carbons (Fsp3) is 0.800. The first kappa shape index (κ1) is 16.4. The van der Waals surface area contributed by atoms with E-state index in [1.165, 1.54) is 0 Å². The number of amides is 1. The van der Waals surface area contributed by atoms with Crippen molar-refractivity contribution in [3.63, 3.8) is 0 Å². The van der Waals surface area contributed by atoms with E-state index in [1.54, 1.807) is 11.3 Å². The Balaban J connectivity index is 1.83. The van der Waals surface area contributed by atoms with Crippen molar-refractivity contribution in [2.45, 2.75) is 59.0 Å². The van der Waals surface area contributed by atoms with Crippen LogP contribution in [0.2, 0.25) is 0 Å². The molecule has 2 atom stereocenters. The van der Waals surface area contributed by atoms with Crippen LogP contribution in [0.25, 0.3) is 0 Å². The van der Waals surface area contributed by atoms with E-state index in [0.717, 1.165) is 55.3 Å². The highest BCUT2D eigenvalue weighted by molar-refractivity contribution is 7.11. The van der Waals surface area contributed by atoms with Crippen LogP contribution in [0, 0.1) is 12.8 Å². The molecular weight excluding hydrogens is 284 g/mol. The third-order valence-electron chi connectivity index (χ3n) is 3.91. The van der Waals surface area contributed by atoms with Gasteiger partial charge < -0.3 is 5.32 Å². The van der Waals surface area contributed by atoms with Gasteiger partial charge in [-0.05, 0) is 39.7 Å². The SMILES string of the molecule is CCC[C@@H](C)NC(=O)[C@H]1CCCN(Cc2nnc(C)s2)C1. The first-order valence-electron chi connectivity index (χ1n) is 7.90. The number of piperidine rings is 1. The van der Waals surface area contributed by atoms with E-state index in [-0.39, 0.29) is 17.9 Å². The maximum atomic E-state index is 12.3. The van der Waals surface area contributed by atoms with Gasteiger partial charge >= 0.3 is 0 Å². The van der Waals surface area contributed by atoms with Gasteiger partial charge in [0.2, 0.25) is 5.91 Å². The number of carbonyl (C=O) groups is 1. The van der Waals surface area contributed by atoms with Gasteiger partial charge in [0, 0.05) is 12.6 Å². The Bertz CT molecular complexity index is 462. The molecule has 2 rings (SSSR count). The Morgan fingerprint density at radius 2 is 2.33 bits per heavy atom. The van der Waals surface area contributed by atoms with Crippen LogP contribution < -0.4 is 5.32 Å². The number of nitrogens with one attached hydrogen (secondary N) is 1. The van der Waals surface area contributed by atoms with Crippen LogP contribution in [0.1, 0.15) is 49.5 Å². The zero-order chi connectivity index (χ0) is 15.2. The molecule has 1 N–H and O–H groups in total. The second kappa shape index (κ2) is 7.84. The van der Waals surface area contributed by atoms with E-state index in [2.05, 4.69) is 34.3 Å². The predicted molar refractivity (Wildman–Crippen MR) is 85.2 cm³/mol. The molecular formula is C15H26N4OS. The summed E-state index contributed by atoms with van der Waals surface area (Å²) in [4.78, 5) is 14.7. The van der Waals surface area contributed by atoms with Crippen molar-refractivity contribution < 1.29 is 4.79 Å². The second-order valence-corrected chi connectivity index (χ2v) is 7.25. The van der Waals surface area contributed by atoms with E-state index in [4.69, 9.17) is 0 Å². The van der Waals surface area contributed by atoms with Crippen molar-refractivity contribution in [1.82, 2.24) is 20.4 Å². The molecule has 21 heavy (non-hydrogen) atoms. The first-order valence-corrected chi connectivity index (χ1v) is 8.71. The van der Waals surface area contributed by atoms with Crippen LogP contribution >= 0.6 is 11.3 Å². The lowest BCUT2D eigenvalue weighted by Crippen LogP contribution is -2.45. The number of hydrogen-bond donors (Lipinski definition) is 1. The van der Waals surface area contributed by atoms with Gasteiger partial charge in [-0.1, -0.05) is 13.3 Å². The van der Waals surface area contributed by atoms with Gasteiger partial charge in [0.1, 0.15) is 10.0 Å². The number of rotatable bonds is 6. The second-order valence-electron chi connectivity index (χ2n) is 5.99. The zero-order valence-electron chi connectivity index (χ0n) is 13.3. The number of hydrogen-bond acceptors (Lipinski definition) is 5. The van der Waals surface area contributed by atoms with Crippen LogP contribution in [-0.2, 0) is 11.3 Å². The monoisotopic (exact) mass is 310 g/mol. The molecule has 1 aromatic heterocycles. The Morgan fingerprint density at radius 3 is 3.00 bits per heavy atom. The topological polar surface area (TPSA) is 58.1 Å². The summed E-state index contributed by atoms with van der Waals surface area (Å²) in [5, 5.41) is 13.4. The normalized spacial score (nSPS) is 21.2. The molecule has 0 bridgehead atoms. The summed E-state index contributed by atoms with van der Waals surface area (Å²) in [6, 6.07) is 0.281. The van der Waals surface area contributed by atoms with Gasteiger partial charge in [0.05, 0.1) is 12.5 Å². The minimum atomic E-state index is 0.118. The average molecular weight is 310 g/mol. The summed E-state index contributed by atoms with van der Waals surface area (Å²) in [5.41, 5.74) is 0. The highest BCUT2D eigenvalue weighted by Crippen LogP contribution is 2.20. The van der Waals surface area contributed by atoms with Crippen LogP contribution in [0.15, 0.2) is 0 Å². The standard InChI is InChI=1S/C15H26N4OS/c1-4-6-11(2)16-15(20)13-7-5-8-19(9-13)10-14-18-17-12(3)21-14/h11,13H,4-10H2,1-3H3,(H,16,20)/t11-,13+/m1/s1. The third-order valence-corrected chi connectivity index (χ3v) is 4.74. The van der Waals surface area contributed by atoms with Crippen molar-refractivity contribution in [2.75, 3.05) is 13.1 Å². The highest BCUT2D eigenvalue weighted by Gasteiger charge is 2.26. The molecule has 1 aliphatic heterocycles. The van der Waals surface area contributed by atoms with Crippen molar-refractivity contribution in [1.29, 1.82) is 0 Å². The van der Waals surface area contributed by atoms with Crippen molar-refractivity contribution in [3.05, 3.63) is 10.0 Å². The summed E-state index contributed by atoms with van der Waals surface area (Å²) in [6.45, 7) is 8.92. The summed E-state index contributed by atoms with van der Waals surface area (Å²) in [7, 11) is 0. The van der Waals surface area contributed by atoms with Gasteiger partial charge in [-0.15, -0.1) is 21.5 Å². The van der Waals surface area contributed by atoms with Crippen LogP contribution in [-0.4, -0.2) is 40.1 Å². The zero-order valence-corrected chi connectivity index (χ0v) is 14.1. The van der Waals surface area contributed by atoms with Gasteiger partial charge in [-0.3, -0.25) is 9.69 Å². The van der Waals surface area contributed by atoms with Crippen LogP contribution in [0.4, 0.5) is 0 Å². The lowest BCUT2D eigenvalue weighted by Gasteiger charge is -2.31. The maximum absolute atomic E-state index is 12.3. The van der Waals surface area contributed by atoms with Gasteiger partial charge in [0.25, 0.3) is 0 Å². The molecule has 118 valence electrons. The lowest BCUT2D eigenvalue weighted by molar-refractivity contribution is -0.127. The highest BCUT2D eigenvalue weighted by atomic mass is 32.1. The molecule has 0 aromatic carbocycles. The maximum Gasteiger partial charge on any atom is 0.224 e. The lowest BCUT2D eigenvalue weighted by atomic mass is 9.96. The molecule has 5 nitrogen and oxygen atoms in total. The Morgan fingerprint density at radius 1 is 1.52 bits per heavy atom. The minimum absolute atomic E-state index is 0.118. The molecule has 1 aliphatic rings. The smallest absolute Gasteiger partial charge is 0.224 e. The van der Waals surface area contributed by atoms with E-state index >= 15 is 0 Å². The van der Waals surface area contributed by atoms with Gasteiger partial charge in [-0.25, -0.2) is 0 Å². The Labute approximate surface area is 131 Å². The largest absolute Gasteiger partial charge is 0.353 e. The molecule has 0 radical (unpaired) electrons. The molecule has 1 amide bonds. The van der Waals surface area contributed by atoms with Crippen molar-refractivity contribution in [3.8, 4) is 0 Å². The fourth-order valence-corrected chi connectivity index (χ4v) is 3.62. The number of carbonyl (C=O) groups excluding carboxylic acids is 1. The Kier molecular flexibility index (Phi) is 6.11. The average Bonchev–Trinajstić information content (AvgIpc) is 2.84. The van der Waals surface area contributed by atoms with Crippen LogP contribution in [0.3, 0.4) is 0 Å². The molecule has 0 unspecified atom stereocenters. The summed E-state index contributed by atoms with van der Waals surface area (Å²) >= 11 is 1.64. The quantitative estimate of drug-likeness (QED) is 0.876. The molecule has 1 aromatic rings. The molecule has 0 aliphatic carbocycles. The number of likely N-dealkylation sites (tertiary alicyclic amines) is 1. The molecule has 0 spiro atoms. The summed E-state index contributed by atoms with van der Waals surface area (Å²) in [5.74, 6) is 0.334. The molecule has 1 saturated heterocycles. The van der Waals surface area contributed by atoms with Crippen molar-refractivity contribution in [2.24, 2.45) is 5.92 Å². The minimum Gasteiger partial charge on any atom is -0.353 e. The van der Waals surface area contributed by atoms with Crippen LogP contribution in [0.5, 0.6) is 0 Å². The van der Waals surface area contributed by atoms with E-state index in [1.807, 2.05) is 6.92 Å². The fourth-order valence-electron chi connectivity index (χ4n) is 2.87. The Hall–Kier alpha value is -1.01. The van der Waals surface area contributed by atoms with E-state index < -0.39 is 0 Å². The number of aromatic nitrogens is 2. The number of aryl methyl sites for hydroxylation is 1. The molecule has 1 fully saturated rings. The first-order chi connectivity index (χ1) is 10.1. The molecule has 2 heterocycles. The van der Waals surface area contributed by atoms with E-state index in [0.29, 0.717) is 0 Å². The number of nitrogens with zero attached hydrogens (tertiary/aromatic N) is 3. The van der Waals surface area contributed by atoms with Crippen molar-refractivity contribution >= 4 is 17.2 Å². The summed E-state index contributed by atoms with van der Waals surface area (Å²) in [6.07, 6.45) is 4.23. The summed E-state index contributed by atoms with van der Waals surface area (Å²) < 4.78 is 0. The third kappa shape index (κ3) is 5.04.